The second kappa shape index (κ2) is 9.49. The van der Waals surface area contributed by atoms with Gasteiger partial charge in [-0.2, -0.15) is 4.31 Å². The van der Waals surface area contributed by atoms with E-state index >= 15 is 0 Å². The maximum atomic E-state index is 12.6. The van der Waals surface area contributed by atoms with Crippen LogP contribution >= 0.6 is 0 Å². The Labute approximate surface area is 182 Å². The minimum absolute atomic E-state index is 0.137. The number of amides is 1. The molecule has 2 aromatic carbocycles. The zero-order valence-corrected chi connectivity index (χ0v) is 18.7. The van der Waals surface area contributed by atoms with Crippen molar-refractivity contribution >= 4 is 33.3 Å². The molecule has 2 aromatic rings. The van der Waals surface area contributed by atoms with Gasteiger partial charge in [0, 0.05) is 38.6 Å². The molecule has 1 atom stereocenters. The van der Waals surface area contributed by atoms with Crippen LogP contribution in [0.25, 0.3) is 0 Å². The highest BCUT2D eigenvalue weighted by Gasteiger charge is 2.27. The first-order valence-corrected chi connectivity index (χ1v) is 11.5. The van der Waals surface area contributed by atoms with Gasteiger partial charge >= 0.3 is 5.97 Å². The fourth-order valence-electron chi connectivity index (χ4n) is 3.21. The molecule has 1 heterocycles. The van der Waals surface area contributed by atoms with E-state index in [-0.39, 0.29) is 10.5 Å². The first-order valence-electron chi connectivity index (χ1n) is 10.1. The van der Waals surface area contributed by atoms with Crippen LogP contribution in [0.2, 0.25) is 0 Å². The van der Waals surface area contributed by atoms with E-state index in [1.165, 1.54) is 35.5 Å². The van der Waals surface area contributed by atoms with Gasteiger partial charge < -0.3 is 15.0 Å². The average molecular weight is 446 g/mol. The first kappa shape index (κ1) is 22.8. The van der Waals surface area contributed by atoms with Crippen LogP contribution in [0.5, 0.6) is 0 Å². The number of rotatable bonds is 7. The van der Waals surface area contributed by atoms with Crippen LogP contribution in [-0.2, 0) is 19.6 Å². The Morgan fingerprint density at radius 1 is 1.00 bits per heavy atom. The number of carbonyl (C=O) groups excluding carboxylic acids is 2. The molecule has 0 unspecified atom stereocenters. The fraction of sp³-hybridized carbons (Fsp3) is 0.364. The van der Waals surface area contributed by atoms with Gasteiger partial charge in [0.15, 0.2) is 6.10 Å². The highest BCUT2D eigenvalue weighted by Crippen LogP contribution is 2.21. The third-order valence-electron chi connectivity index (χ3n) is 5.10. The summed E-state index contributed by atoms with van der Waals surface area (Å²) >= 11 is 0. The third kappa shape index (κ3) is 5.42. The molecule has 0 spiro atoms. The molecule has 8 nitrogen and oxygen atoms in total. The lowest BCUT2D eigenvalue weighted by Gasteiger charge is -2.16. The first-order chi connectivity index (χ1) is 14.7. The second-order valence-electron chi connectivity index (χ2n) is 7.61. The normalized spacial score (nSPS) is 15.3. The van der Waals surface area contributed by atoms with E-state index in [0.29, 0.717) is 18.8 Å². The predicted octanol–water partition coefficient (Wildman–Crippen LogP) is 2.72. The molecule has 0 aromatic heterocycles. The molecule has 1 aliphatic heterocycles. The molecule has 1 N–H and O–H groups in total. The number of ether oxygens (including phenoxy) is 1. The van der Waals surface area contributed by atoms with E-state index in [1.807, 2.05) is 31.1 Å². The van der Waals surface area contributed by atoms with Crippen LogP contribution in [0.3, 0.4) is 0 Å². The summed E-state index contributed by atoms with van der Waals surface area (Å²) in [6.07, 6.45) is 0.682. The monoisotopic (exact) mass is 445 g/mol. The highest BCUT2D eigenvalue weighted by atomic mass is 32.2. The summed E-state index contributed by atoms with van der Waals surface area (Å²) in [6, 6.07) is 12.8. The SMILES string of the molecule is C[C@@H](OC(=O)c1ccc(S(=O)(=O)N2CCCC2)cc1)C(=O)Nc1ccc(N(C)C)cc1. The number of nitrogens with one attached hydrogen (secondary N) is 1. The molecule has 1 saturated heterocycles. The Morgan fingerprint density at radius 3 is 2.13 bits per heavy atom. The fourth-order valence-corrected chi connectivity index (χ4v) is 4.73. The van der Waals surface area contributed by atoms with Gasteiger partial charge in [-0.05, 0) is 68.3 Å². The smallest absolute Gasteiger partial charge is 0.338 e. The minimum atomic E-state index is -3.55. The zero-order valence-electron chi connectivity index (χ0n) is 17.9. The topological polar surface area (TPSA) is 96.0 Å². The maximum Gasteiger partial charge on any atom is 0.338 e. The van der Waals surface area contributed by atoms with Gasteiger partial charge in [0.05, 0.1) is 10.5 Å². The van der Waals surface area contributed by atoms with Crippen molar-refractivity contribution in [1.29, 1.82) is 0 Å². The highest BCUT2D eigenvalue weighted by molar-refractivity contribution is 7.89. The summed E-state index contributed by atoms with van der Waals surface area (Å²) in [7, 11) is 0.294. The molecule has 0 aliphatic carbocycles. The largest absolute Gasteiger partial charge is 0.449 e. The maximum absolute atomic E-state index is 12.6. The van der Waals surface area contributed by atoms with Crippen LogP contribution in [0.15, 0.2) is 53.4 Å². The summed E-state index contributed by atoms with van der Waals surface area (Å²) in [5.74, 6) is -1.16. The van der Waals surface area contributed by atoms with Crippen molar-refractivity contribution in [2.45, 2.75) is 30.8 Å². The van der Waals surface area contributed by atoms with Crippen LogP contribution in [-0.4, -0.2) is 57.9 Å². The standard InChI is InChI=1S/C22H27N3O5S/c1-16(21(26)23-18-8-10-19(11-9-18)24(2)3)30-22(27)17-6-12-20(13-7-17)31(28,29)25-14-4-5-15-25/h6-13,16H,4-5,14-15H2,1-3H3,(H,23,26)/t16-/m1/s1. The third-order valence-corrected chi connectivity index (χ3v) is 7.01. The van der Waals surface area contributed by atoms with Crippen molar-refractivity contribution in [3.8, 4) is 0 Å². The summed E-state index contributed by atoms with van der Waals surface area (Å²) in [5.41, 5.74) is 1.76. The van der Waals surface area contributed by atoms with Crippen LogP contribution in [0, 0.1) is 0 Å². The molecule has 0 bridgehead atoms. The Hall–Kier alpha value is -2.91. The van der Waals surface area contributed by atoms with E-state index in [0.717, 1.165) is 18.5 Å². The zero-order chi connectivity index (χ0) is 22.6. The molecule has 1 aliphatic rings. The Kier molecular flexibility index (Phi) is 6.97. The Bertz CT molecular complexity index is 1030. The molecule has 1 amide bonds. The van der Waals surface area contributed by atoms with Crippen molar-refractivity contribution in [3.63, 3.8) is 0 Å². The molecular weight excluding hydrogens is 418 g/mol. The quantitative estimate of drug-likeness (QED) is 0.659. The number of nitrogens with zero attached hydrogens (tertiary/aromatic N) is 2. The van der Waals surface area contributed by atoms with E-state index in [1.54, 1.807) is 12.1 Å². The Morgan fingerprint density at radius 2 is 1.58 bits per heavy atom. The average Bonchev–Trinajstić information content (AvgIpc) is 3.30. The molecule has 1 fully saturated rings. The van der Waals surface area contributed by atoms with Crippen LogP contribution in [0.1, 0.15) is 30.1 Å². The van der Waals surface area contributed by atoms with Crippen molar-refractivity contribution in [3.05, 3.63) is 54.1 Å². The summed E-state index contributed by atoms with van der Waals surface area (Å²) in [4.78, 5) is 26.8. The number of esters is 1. The van der Waals surface area contributed by atoms with E-state index < -0.39 is 28.0 Å². The molecule has 166 valence electrons. The number of sulfonamides is 1. The predicted molar refractivity (Wildman–Crippen MR) is 119 cm³/mol. The molecule has 0 radical (unpaired) electrons. The number of carbonyl (C=O) groups is 2. The number of hydrogen-bond acceptors (Lipinski definition) is 6. The van der Waals surface area contributed by atoms with Gasteiger partial charge in [0.25, 0.3) is 5.91 Å². The van der Waals surface area contributed by atoms with Gasteiger partial charge in [-0.3, -0.25) is 4.79 Å². The number of benzene rings is 2. The van der Waals surface area contributed by atoms with Crippen molar-refractivity contribution < 1.29 is 22.7 Å². The summed E-state index contributed by atoms with van der Waals surface area (Å²) < 4.78 is 31.8. The van der Waals surface area contributed by atoms with Gasteiger partial charge in [-0.25, -0.2) is 13.2 Å². The molecule has 3 rings (SSSR count). The Balaban J connectivity index is 1.59. The molecule has 31 heavy (non-hydrogen) atoms. The number of hydrogen-bond donors (Lipinski definition) is 1. The van der Waals surface area contributed by atoms with Crippen molar-refractivity contribution in [1.82, 2.24) is 4.31 Å². The van der Waals surface area contributed by atoms with Gasteiger partial charge in [0.1, 0.15) is 0 Å². The van der Waals surface area contributed by atoms with Crippen LogP contribution in [0.4, 0.5) is 11.4 Å². The van der Waals surface area contributed by atoms with Gasteiger partial charge in [0.2, 0.25) is 10.0 Å². The number of anilines is 2. The summed E-state index contributed by atoms with van der Waals surface area (Å²) in [6.45, 7) is 2.50. The summed E-state index contributed by atoms with van der Waals surface area (Å²) in [5, 5.41) is 2.71. The molecule has 9 heteroatoms. The van der Waals surface area contributed by atoms with Gasteiger partial charge in [-0.1, -0.05) is 0 Å². The van der Waals surface area contributed by atoms with E-state index in [4.69, 9.17) is 4.74 Å². The van der Waals surface area contributed by atoms with Crippen molar-refractivity contribution in [2.24, 2.45) is 0 Å². The lowest BCUT2D eigenvalue weighted by atomic mass is 10.2. The van der Waals surface area contributed by atoms with Crippen LogP contribution < -0.4 is 10.2 Å². The molecular formula is C22H27N3O5S. The lowest BCUT2D eigenvalue weighted by molar-refractivity contribution is -0.123. The second-order valence-corrected chi connectivity index (χ2v) is 9.55. The minimum Gasteiger partial charge on any atom is -0.449 e. The van der Waals surface area contributed by atoms with Crippen molar-refractivity contribution in [2.75, 3.05) is 37.4 Å². The van der Waals surface area contributed by atoms with E-state index in [9.17, 15) is 18.0 Å². The van der Waals surface area contributed by atoms with E-state index in [2.05, 4.69) is 5.32 Å². The van der Waals surface area contributed by atoms with Gasteiger partial charge in [-0.15, -0.1) is 0 Å². The molecule has 0 saturated carbocycles. The lowest BCUT2D eigenvalue weighted by Crippen LogP contribution is -2.30.